The molecule has 1 rings (SSSR count). The van der Waals surface area contributed by atoms with Gasteiger partial charge in [0, 0.05) is 11.7 Å². The summed E-state index contributed by atoms with van der Waals surface area (Å²) in [6, 6.07) is 0. The lowest BCUT2D eigenvalue weighted by atomic mass is 10.1. The minimum absolute atomic E-state index is 0.476. The SMILES string of the molecule is O=CC#CC1CCCSC1. The standard InChI is InChI=1S/C8H10OS/c9-5-1-3-8-4-2-6-10-7-8/h5,8H,2,4,6-7H2. The van der Waals surface area contributed by atoms with Crippen molar-refractivity contribution in [2.24, 2.45) is 5.92 Å². The zero-order valence-corrected chi connectivity index (χ0v) is 6.62. The third kappa shape index (κ3) is 2.45. The normalized spacial score (nSPS) is 24.6. The Balaban J connectivity index is 2.32. The topological polar surface area (TPSA) is 17.1 Å². The number of hydrogen-bond donors (Lipinski definition) is 0. The molecule has 0 aromatic rings. The van der Waals surface area contributed by atoms with Crippen LogP contribution >= 0.6 is 11.8 Å². The van der Waals surface area contributed by atoms with Crippen molar-refractivity contribution in [1.29, 1.82) is 0 Å². The van der Waals surface area contributed by atoms with E-state index in [4.69, 9.17) is 0 Å². The van der Waals surface area contributed by atoms with Crippen LogP contribution in [0.3, 0.4) is 0 Å². The molecule has 0 aromatic heterocycles. The maximum absolute atomic E-state index is 9.87. The zero-order valence-electron chi connectivity index (χ0n) is 5.80. The van der Waals surface area contributed by atoms with Gasteiger partial charge in [0.2, 0.25) is 0 Å². The van der Waals surface area contributed by atoms with Gasteiger partial charge in [0.05, 0.1) is 0 Å². The second-order valence-electron chi connectivity index (χ2n) is 2.32. The van der Waals surface area contributed by atoms with Crippen molar-refractivity contribution in [3.63, 3.8) is 0 Å². The van der Waals surface area contributed by atoms with Crippen LogP contribution in [0, 0.1) is 17.8 Å². The summed E-state index contributed by atoms with van der Waals surface area (Å²) in [7, 11) is 0. The van der Waals surface area contributed by atoms with E-state index in [0.29, 0.717) is 12.2 Å². The van der Waals surface area contributed by atoms with Crippen molar-refractivity contribution in [2.45, 2.75) is 12.8 Å². The van der Waals surface area contributed by atoms with Crippen LogP contribution in [0.1, 0.15) is 12.8 Å². The van der Waals surface area contributed by atoms with Crippen molar-refractivity contribution in [2.75, 3.05) is 11.5 Å². The molecule has 0 aliphatic carbocycles. The zero-order chi connectivity index (χ0) is 7.23. The fourth-order valence-electron chi connectivity index (χ4n) is 1.01. The molecule has 0 bridgehead atoms. The van der Waals surface area contributed by atoms with Crippen LogP contribution in [0.2, 0.25) is 0 Å². The molecule has 1 heterocycles. The molecule has 0 amide bonds. The first kappa shape index (κ1) is 7.68. The minimum Gasteiger partial charge on any atom is -0.289 e. The third-order valence-electron chi connectivity index (χ3n) is 1.51. The Hall–Kier alpha value is -0.420. The first-order valence-corrected chi connectivity index (χ1v) is 4.61. The average molecular weight is 154 g/mol. The van der Waals surface area contributed by atoms with Gasteiger partial charge >= 0.3 is 0 Å². The summed E-state index contributed by atoms with van der Waals surface area (Å²) >= 11 is 1.94. The van der Waals surface area contributed by atoms with Gasteiger partial charge in [-0.3, -0.25) is 4.79 Å². The average Bonchev–Trinajstić information content (AvgIpc) is 2.03. The first-order chi connectivity index (χ1) is 4.93. The molecule has 1 aliphatic heterocycles. The third-order valence-corrected chi connectivity index (χ3v) is 2.72. The van der Waals surface area contributed by atoms with Gasteiger partial charge in [-0.1, -0.05) is 5.92 Å². The Morgan fingerprint density at radius 2 is 2.50 bits per heavy atom. The highest BCUT2D eigenvalue weighted by Crippen LogP contribution is 2.21. The lowest BCUT2D eigenvalue weighted by molar-refractivity contribution is -0.103. The quantitative estimate of drug-likeness (QED) is 0.387. The Morgan fingerprint density at radius 1 is 1.60 bits per heavy atom. The molecule has 0 radical (unpaired) electrons. The van der Waals surface area contributed by atoms with Crippen molar-refractivity contribution in [3.05, 3.63) is 0 Å². The van der Waals surface area contributed by atoms with E-state index in [-0.39, 0.29) is 0 Å². The monoisotopic (exact) mass is 154 g/mol. The highest BCUT2D eigenvalue weighted by Gasteiger charge is 2.09. The molecule has 1 nitrogen and oxygen atoms in total. The van der Waals surface area contributed by atoms with E-state index in [9.17, 15) is 4.79 Å². The molecule has 10 heavy (non-hydrogen) atoms. The van der Waals surface area contributed by atoms with Crippen molar-refractivity contribution in [3.8, 4) is 11.8 Å². The van der Waals surface area contributed by atoms with Gasteiger partial charge in [0.15, 0.2) is 6.29 Å². The Kier molecular flexibility index (Phi) is 3.38. The van der Waals surface area contributed by atoms with E-state index in [2.05, 4.69) is 11.8 Å². The Labute approximate surface area is 65.6 Å². The summed E-state index contributed by atoms with van der Waals surface area (Å²) in [5.41, 5.74) is 0. The largest absolute Gasteiger partial charge is 0.289 e. The van der Waals surface area contributed by atoms with E-state index >= 15 is 0 Å². The molecule has 1 atom stereocenters. The molecule has 0 spiro atoms. The molecule has 1 saturated heterocycles. The molecule has 1 fully saturated rings. The maximum Gasteiger partial charge on any atom is 0.192 e. The van der Waals surface area contributed by atoms with Crippen LogP contribution in [0.15, 0.2) is 0 Å². The van der Waals surface area contributed by atoms with Crippen LogP contribution in [0.5, 0.6) is 0 Å². The van der Waals surface area contributed by atoms with Gasteiger partial charge in [-0.15, -0.1) is 0 Å². The summed E-state index contributed by atoms with van der Waals surface area (Å²) in [6.45, 7) is 0. The summed E-state index contributed by atoms with van der Waals surface area (Å²) in [5, 5.41) is 0. The van der Waals surface area contributed by atoms with Crippen LogP contribution in [0.4, 0.5) is 0 Å². The highest BCUT2D eigenvalue weighted by molar-refractivity contribution is 7.99. The maximum atomic E-state index is 9.87. The Bertz CT molecular complexity index is 160. The van der Waals surface area contributed by atoms with Crippen molar-refractivity contribution >= 4 is 18.0 Å². The minimum atomic E-state index is 0.476. The molecule has 0 saturated carbocycles. The number of aldehydes is 1. The Morgan fingerprint density at radius 3 is 3.10 bits per heavy atom. The number of carbonyl (C=O) groups excluding carboxylic acids is 1. The van der Waals surface area contributed by atoms with Crippen LogP contribution in [-0.4, -0.2) is 17.8 Å². The second-order valence-corrected chi connectivity index (χ2v) is 3.47. The first-order valence-electron chi connectivity index (χ1n) is 3.46. The number of rotatable bonds is 0. The predicted molar refractivity (Wildman–Crippen MR) is 43.9 cm³/mol. The molecule has 0 aromatic carbocycles. The second kappa shape index (κ2) is 4.40. The van der Waals surface area contributed by atoms with Crippen LogP contribution < -0.4 is 0 Å². The fourth-order valence-corrected chi connectivity index (χ4v) is 2.08. The van der Waals surface area contributed by atoms with Gasteiger partial charge < -0.3 is 0 Å². The number of hydrogen-bond acceptors (Lipinski definition) is 2. The van der Waals surface area contributed by atoms with E-state index in [1.165, 1.54) is 18.6 Å². The van der Waals surface area contributed by atoms with Gasteiger partial charge in [-0.25, -0.2) is 0 Å². The smallest absolute Gasteiger partial charge is 0.192 e. The predicted octanol–water partition coefficient (Wildman–Crippen LogP) is 1.33. The molecular formula is C8H10OS. The fraction of sp³-hybridized carbons (Fsp3) is 0.625. The van der Waals surface area contributed by atoms with Crippen molar-refractivity contribution in [1.82, 2.24) is 0 Å². The molecule has 2 heteroatoms. The van der Waals surface area contributed by atoms with Gasteiger partial charge in [0.25, 0.3) is 0 Å². The molecule has 0 N–H and O–H groups in total. The summed E-state index contributed by atoms with van der Waals surface area (Å²) in [4.78, 5) is 9.87. The van der Waals surface area contributed by atoms with Crippen molar-refractivity contribution < 1.29 is 4.79 Å². The highest BCUT2D eigenvalue weighted by atomic mass is 32.2. The number of thioether (sulfide) groups is 1. The summed E-state index contributed by atoms with van der Waals surface area (Å²) in [6.07, 6.45) is 3.11. The molecule has 54 valence electrons. The lowest BCUT2D eigenvalue weighted by Gasteiger charge is -2.14. The van der Waals surface area contributed by atoms with Gasteiger partial charge in [0.1, 0.15) is 0 Å². The summed E-state index contributed by atoms with van der Waals surface area (Å²) in [5.74, 6) is 8.26. The van der Waals surface area contributed by atoms with Gasteiger partial charge in [-0.05, 0) is 24.5 Å². The number of carbonyl (C=O) groups is 1. The van der Waals surface area contributed by atoms with Gasteiger partial charge in [-0.2, -0.15) is 11.8 Å². The van der Waals surface area contributed by atoms with Crippen LogP contribution in [-0.2, 0) is 4.79 Å². The van der Waals surface area contributed by atoms with E-state index in [0.717, 1.165) is 5.75 Å². The molecular weight excluding hydrogens is 144 g/mol. The van der Waals surface area contributed by atoms with E-state index in [1.807, 2.05) is 11.8 Å². The summed E-state index contributed by atoms with van der Waals surface area (Å²) < 4.78 is 0. The molecule has 1 aliphatic rings. The van der Waals surface area contributed by atoms with E-state index < -0.39 is 0 Å². The van der Waals surface area contributed by atoms with Crippen LogP contribution in [0.25, 0.3) is 0 Å². The lowest BCUT2D eigenvalue weighted by Crippen LogP contribution is -2.07. The molecule has 1 unspecified atom stereocenters. The van der Waals surface area contributed by atoms with E-state index in [1.54, 1.807) is 0 Å².